The van der Waals surface area contributed by atoms with Gasteiger partial charge >= 0.3 is 0 Å². The van der Waals surface area contributed by atoms with E-state index in [9.17, 15) is 17.6 Å². The Kier molecular flexibility index (Phi) is 6.01. The zero-order chi connectivity index (χ0) is 15.3. The van der Waals surface area contributed by atoms with Gasteiger partial charge in [0.15, 0.2) is 17.4 Å². The Bertz CT molecular complexity index is 469. The lowest BCUT2D eigenvalue weighted by molar-refractivity contribution is 0.331. The summed E-state index contributed by atoms with van der Waals surface area (Å²) in [6.07, 6.45) is 2.49. The lowest BCUT2D eigenvalue weighted by atomic mass is 10.1. The van der Waals surface area contributed by atoms with E-state index in [1.807, 2.05) is 18.7 Å². The van der Waals surface area contributed by atoms with Crippen LogP contribution in [0.15, 0.2) is 6.08 Å². The maximum Gasteiger partial charge on any atom is 0.204 e. The van der Waals surface area contributed by atoms with E-state index in [0.717, 1.165) is 26.3 Å². The minimum Gasteiger partial charge on any atom is -0.491 e. The normalized spacial score (nSPS) is 11.6. The van der Waals surface area contributed by atoms with Gasteiger partial charge in [0.1, 0.15) is 0 Å². The van der Waals surface area contributed by atoms with Crippen molar-refractivity contribution < 1.29 is 22.3 Å². The highest BCUT2D eigenvalue weighted by Crippen LogP contribution is 2.30. The topological polar surface area (TPSA) is 12.5 Å². The summed E-state index contributed by atoms with van der Waals surface area (Å²) in [5.74, 6) is -7.04. The van der Waals surface area contributed by atoms with Gasteiger partial charge in [-0.2, -0.15) is 8.78 Å². The van der Waals surface area contributed by atoms with Crippen LogP contribution in [0.1, 0.15) is 19.4 Å². The average Bonchev–Trinajstić information content (AvgIpc) is 2.45. The SMILES string of the molecule is CCN(CC)CC=Cc1c(F)c(F)c(OC)c(F)c1F. The Morgan fingerprint density at radius 2 is 1.45 bits per heavy atom. The standard InChI is InChI=1S/C14H17F4NO/c1-4-19(5-2)8-6-7-9-10(15)12(17)14(20-3)13(18)11(9)16/h6-7H,4-5,8H2,1-3H3. The largest absolute Gasteiger partial charge is 0.491 e. The van der Waals surface area contributed by atoms with Crippen LogP contribution in [0.5, 0.6) is 5.75 Å². The first-order chi connectivity index (χ1) is 9.47. The van der Waals surface area contributed by atoms with Crippen LogP contribution >= 0.6 is 0 Å². The van der Waals surface area contributed by atoms with Crippen LogP contribution in [-0.2, 0) is 0 Å². The molecular weight excluding hydrogens is 274 g/mol. The Labute approximate surface area is 115 Å². The second-order valence-electron chi connectivity index (χ2n) is 4.09. The van der Waals surface area contributed by atoms with Gasteiger partial charge in [-0.15, -0.1) is 0 Å². The lowest BCUT2D eigenvalue weighted by Gasteiger charge is -2.15. The second-order valence-corrected chi connectivity index (χ2v) is 4.09. The minimum absolute atomic E-state index is 0.432. The highest BCUT2D eigenvalue weighted by Gasteiger charge is 2.24. The van der Waals surface area contributed by atoms with Gasteiger partial charge < -0.3 is 9.64 Å². The van der Waals surface area contributed by atoms with Crippen molar-refractivity contribution >= 4 is 6.08 Å². The number of halogens is 4. The van der Waals surface area contributed by atoms with E-state index in [4.69, 9.17) is 0 Å². The number of hydrogen-bond donors (Lipinski definition) is 0. The summed E-state index contributed by atoms with van der Waals surface area (Å²) in [5, 5.41) is 0. The molecule has 0 aromatic heterocycles. The molecule has 0 radical (unpaired) electrons. The highest BCUT2D eigenvalue weighted by molar-refractivity contribution is 5.54. The fourth-order valence-corrected chi connectivity index (χ4v) is 1.76. The van der Waals surface area contributed by atoms with Gasteiger partial charge in [0.05, 0.1) is 12.7 Å². The molecule has 112 valence electrons. The molecule has 0 spiro atoms. The summed E-state index contributed by atoms with van der Waals surface area (Å²) in [6, 6.07) is 0. The fraction of sp³-hybridized carbons (Fsp3) is 0.429. The predicted molar refractivity (Wildman–Crippen MR) is 69.6 cm³/mol. The molecule has 0 amide bonds. The molecule has 0 atom stereocenters. The van der Waals surface area contributed by atoms with E-state index < -0.39 is 34.6 Å². The summed E-state index contributed by atoms with van der Waals surface area (Å²) in [7, 11) is 0.941. The van der Waals surface area contributed by atoms with Gasteiger partial charge in [-0.25, -0.2) is 8.78 Å². The van der Waals surface area contributed by atoms with Crippen LogP contribution in [0.3, 0.4) is 0 Å². The van der Waals surface area contributed by atoms with E-state index in [-0.39, 0.29) is 0 Å². The third-order valence-electron chi connectivity index (χ3n) is 3.00. The molecule has 0 saturated heterocycles. The van der Waals surface area contributed by atoms with Crippen molar-refractivity contribution in [1.29, 1.82) is 0 Å². The first kappa shape index (κ1) is 16.5. The number of ether oxygens (including phenoxy) is 1. The third kappa shape index (κ3) is 3.30. The van der Waals surface area contributed by atoms with Crippen molar-refractivity contribution in [2.45, 2.75) is 13.8 Å². The fourth-order valence-electron chi connectivity index (χ4n) is 1.76. The van der Waals surface area contributed by atoms with Crippen molar-refractivity contribution in [3.63, 3.8) is 0 Å². The number of benzene rings is 1. The molecule has 0 bridgehead atoms. The Morgan fingerprint density at radius 3 is 1.85 bits per heavy atom. The number of hydrogen-bond acceptors (Lipinski definition) is 2. The van der Waals surface area contributed by atoms with Crippen LogP contribution in [0, 0.1) is 23.3 Å². The van der Waals surface area contributed by atoms with Crippen LogP contribution in [-0.4, -0.2) is 31.6 Å². The van der Waals surface area contributed by atoms with E-state index in [0.29, 0.717) is 6.54 Å². The summed E-state index contributed by atoms with van der Waals surface area (Å²) in [5.41, 5.74) is -0.743. The van der Waals surface area contributed by atoms with E-state index >= 15 is 0 Å². The van der Waals surface area contributed by atoms with Gasteiger partial charge in [0, 0.05) is 6.54 Å². The Hall–Kier alpha value is -1.56. The zero-order valence-corrected chi connectivity index (χ0v) is 11.6. The molecule has 1 aromatic carbocycles. The maximum atomic E-state index is 13.7. The zero-order valence-electron chi connectivity index (χ0n) is 11.6. The number of rotatable bonds is 6. The average molecular weight is 291 g/mol. The van der Waals surface area contributed by atoms with Gasteiger partial charge in [-0.05, 0) is 13.1 Å². The van der Waals surface area contributed by atoms with Crippen LogP contribution < -0.4 is 4.74 Å². The summed E-state index contributed by atoms with van der Waals surface area (Å²) in [6.45, 7) is 5.83. The van der Waals surface area contributed by atoms with Crippen LogP contribution in [0.4, 0.5) is 17.6 Å². The second kappa shape index (κ2) is 7.28. The van der Waals surface area contributed by atoms with Crippen molar-refractivity contribution in [1.82, 2.24) is 4.90 Å². The van der Waals surface area contributed by atoms with Gasteiger partial charge in [0.25, 0.3) is 0 Å². The number of nitrogens with zero attached hydrogens (tertiary/aromatic N) is 1. The molecule has 0 N–H and O–H groups in total. The Balaban J connectivity index is 3.11. The van der Waals surface area contributed by atoms with Crippen LogP contribution in [0.2, 0.25) is 0 Å². The van der Waals surface area contributed by atoms with Gasteiger partial charge in [-0.3, -0.25) is 0 Å². The predicted octanol–water partition coefficient (Wildman–Crippen LogP) is 3.61. The Morgan fingerprint density at radius 1 is 0.950 bits per heavy atom. The summed E-state index contributed by atoms with van der Waals surface area (Å²) >= 11 is 0. The molecule has 2 nitrogen and oxygen atoms in total. The molecule has 0 heterocycles. The highest BCUT2D eigenvalue weighted by atomic mass is 19.2. The van der Waals surface area contributed by atoms with Gasteiger partial charge in [0.2, 0.25) is 11.6 Å². The molecular formula is C14H17F4NO. The van der Waals surface area contributed by atoms with Crippen molar-refractivity contribution in [2.75, 3.05) is 26.7 Å². The van der Waals surface area contributed by atoms with E-state index in [2.05, 4.69) is 4.74 Å². The lowest BCUT2D eigenvalue weighted by Crippen LogP contribution is -2.22. The monoisotopic (exact) mass is 291 g/mol. The van der Waals surface area contributed by atoms with E-state index in [1.165, 1.54) is 6.08 Å². The number of likely N-dealkylation sites (N-methyl/N-ethyl adjacent to an activating group) is 1. The molecule has 0 unspecified atom stereocenters. The molecule has 1 aromatic rings. The third-order valence-corrected chi connectivity index (χ3v) is 3.00. The first-order valence-electron chi connectivity index (χ1n) is 6.26. The smallest absolute Gasteiger partial charge is 0.204 e. The molecule has 1 rings (SSSR count). The summed E-state index contributed by atoms with van der Waals surface area (Å²) in [4.78, 5) is 1.97. The maximum absolute atomic E-state index is 13.7. The van der Waals surface area contributed by atoms with Gasteiger partial charge in [-0.1, -0.05) is 26.0 Å². The van der Waals surface area contributed by atoms with Crippen molar-refractivity contribution in [2.24, 2.45) is 0 Å². The van der Waals surface area contributed by atoms with E-state index in [1.54, 1.807) is 0 Å². The van der Waals surface area contributed by atoms with Crippen molar-refractivity contribution in [3.05, 3.63) is 34.9 Å². The quantitative estimate of drug-likeness (QED) is 0.586. The first-order valence-corrected chi connectivity index (χ1v) is 6.26. The molecule has 0 aliphatic carbocycles. The summed E-state index contributed by atoms with van der Waals surface area (Å²) < 4.78 is 58.6. The molecule has 20 heavy (non-hydrogen) atoms. The minimum atomic E-state index is -1.53. The van der Waals surface area contributed by atoms with Crippen LogP contribution in [0.25, 0.3) is 6.08 Å². The molecule has 0 fully saturated rings. The molecule has 0 aliphatic heterocycles. The number of methoxy groups -OCH3 is 1. The molecule has 6 heteroatoms. The molecule has 0 aliphatic rings. The molecule has 0 saturated carbocycles. The van der Waals surface area contributed by atoms with Crippen molar-refractivity contribution in [3.8, 4) is 5.75 Å².